The summed E-state index contributed by atoms with van der Waals surface area (Å²) >= 11 is 0. The average molecular weight is 289 g/mol. The summed E-state index contributed by atoms with van der Waals surface area (Å²) in [6.45, 7) is 1.54. The Balaban J connectivity index is 1.73. The Morgan fingerprint density at radius 2 is 1.62 bits per heavy atom. The molecule has 2 rings (SSSR count). The van der Waals surface area contributed by atoms with Gasteiger partial charge in [0.2, 0.25) is 0 Å². The minimum atomic E-state index is -0.295. The molecule has 0 amide bonds. The second kappa shape index (κ2) is 8.27. The van der Waals surface area contributed by atoms with Crippen LogP contribution in [0.5, 0.6) is 11.5 Å². The Hall–Kier alpha value is -2.07. The van der Waals surface area contributed by atoms with Crippen molar-refractivity contribution in [3.63, 3.8) is 0 Å². The molecule has 0 unspecified atom stereocenters. The summed E-state index contributed by atoms with van der Waals surface area (Å²) in [6, 6.07) is 14.3. The van der Waals surface area contributed by atoms with Gasteiger partial charge in [-0.2, -0.15) is 0 Å². The maximum Gasteiger partial charge on any atom is 0.127 e. The molecule has 0 bridgehead atoms. The first kappa shape index (κ1) is 15.3. The highest BCUT2D eigenvalue weighted by molar-refractivity contribution is 5.29. The third-order valence-corrected chi connectivity index (χ3v) is 2.93. The van der Waals surface area contributed by atoms with E-state index in [9.17, 15) is 4.39 Å². The lowest BCUT2D eigenvalue weighted by Gasteiger charge is -2.09. The molecule has 0 saturated heterocycles. The molecule has 0 fully saturated rings. The van der Waals surface area contributed by atoms with Gasteiger partial charge in [-0.1, -0.05) is 18.2 Å². The van der Waals surface area contributed by atoms with Crippen LogP contribution in [0.15, 0.2) is 48.5 Å². The molecular weight excluding hydrogens is 269 g/mol. The van der Waals surface area contributed by atoms with E-state index in [1.54, 1.807) is 0 Å². The van der Waals surface area contributed by atoms with Gasteiger partial charge in [-0.15, -0.1) is 0 Å². The van der Waals surface area contributed by atoms with E-state index in [0.29, 0.717) is 31.9 Å². The first-order chi connectivity index (χ1) is 10.3. The second-order valence-corrected chi connectivity index (χ2v) is 4.70. The van der Waals surface area contributed by atoms with Crippen molar-refractivity contribution >= 4 is 0 Å². The van der Waals surface area contributed by atoms with E-state index in [0.717, 1.165) is 17.7 Å². The van der Waals surface area contributed by atoms with Crippen LogP contribution in [-0.2, 0) is 6.42 Å². The van der Waals surface area contributed by atoms with Gasteiger partial charge in [0.05, 0.1) is 13.2 Å². The van der Waals surface area contributed by atoms with Crippen molar-refractivity contribution in [2.75, 3.05) is 19.8 Å². The summed E-state index contributed by atoms with van der Waals surface area (Å²) in [6.07, 6.45) is 1.38. The van der Waals surface area contributed by atoms with Crippen molar-refractivity contribution in [2.45, 2.75) is 12.8 Å². The summed E-state index contributed by atoms with van der Waals surface area (Å²) in [4.78, 5) is 0. The summed E-state index contributed by atoms with van der Waals surface area (Å²) in [7, 11) is 0. The van der Waals surface area contributed by atoms with Gasteiger partial charge in [0.1, 0.15) is 17.3 Å². The number of nitrogens with two attached hydrogens (primary N) is 1. The number of ether oxygens (including phenoxy) is 2. The van der Waals surface area contributed by atoms with Crippen LogP contribution in [-0.4, -0.2) is 19.8 Å². The molecule has 0 aliphatic rings. The highest BCUT2D eigenvalue weighted by Crippen LogP contribution is 2.17. The van der Waals surface area contributed by atoms with E-state index in [2.05, 4.69) is 0 Å². The Bertz CT molecular complexity index is 546. The summed E-state index contributed by atoms with van der Waals surface area (Å²) in [5.41, 5.74) is 6.33. The molecule has 2 aromatic rings. The van der Waals surface area contributed by atoms with E-state index < -0.39 is 0 Å². The van der Waals surface area contributed by atoms with E-state index in [-0.39, 0.29) is 5.82 Å². The van der Waals surface area contributed by atoms with Gasteiger partial charge in [0, 0.05) is 12.5 Å². The standard InChI is InChI=1S/C17H20FNO2/c18-15-11-14(7-8-19)12-17(13-15)21-10-4-9-20-16-5-2-1-3-6-16/h1-3,5-6,11-13H,4,7-10,19H2. The molecule has 21 heavy (non-hydrogen) atoms. The van der Waals surface area contributed by atoms with Gasteiger partial charge in [0.25, 0.3) is 0 Å². The fourth-order valence-corrected chi connectivity index (χ4v) is 1.97. The van der Waals surface area contributed by atoms with Crippen molar-refractivity contribution in [2.24, 2.45) is 5.73 Å². The molecule has 0 spiro atoms. The van der Waals surface area contributed by atoms with E-state index in [4.69, 9.17) is 15.2 Å². The highest BCUT2D eigenvalue weighted by Gasteiger charge is 2.02. The van der Waals surface area contributed by atoms with Crippen molar-refractivity contribution in [1.82, 2.24) is 0 Å². The van der Waals surface area contributed by atoms with Gasteiger partial charge in [-0.3, -0.25) is 0 Å². The summed E-state index contributed by atoms with van der Waals surface area (Å²) < 4.78 is 24.5. The van der Waals surface area contributed by atoms with Crippen LogP contribution in [0.4, 0.5) is 4.39 Å². The minimum Gasteiger partial charge on any atom is -0.493 e. The fraction of sp³-hybridized carbons (Fsp3) is 0.294. The number of benzene rings is 2. The quantitative estimate of drug-likeness (QED) is 0.759. The van der Waals surface area contributed by atoms with E-state index in [1.165, 1.54) is 12.1 Å². The lowest BCUT2D eigenvalue weighted by Crippen LogP contribution is -2.06. The van der Waals surface area contributed by atoms with Gasteiger partial charge < -0.3 is 15.2 Å². The predicted molar refractivity (Wildman–Crippen MR) is 81.2 cm³/mol. The van der Waals surface area contributed by atoms with Crippen LogP contribution in [0.2, 0.25) is 0 Å². The average Bonchev–Trinajstić information content (AvgIpc) is 2.48. The van der Waals surface area contributed by atoms with Gasteiger partial charge in [-0.05, 0) is 42.8 Å². The third kappa shape index (κ3) is 5.44. The Kier molecular flexibility index (Phi) is 6.03. The molecule has 2 aromatic carbocycles. The molecule has 3 nitrogen and oxygen atoms in total. The van der Waals surface area contributed by atoms with Gasteiger partial charge >= 0.3 is 0 Å². The topological polar surface area (TPSA) is 44.5 Å². The van der Waals surface area contributed by atoms with Crippen molar-refractivity contribution in [1.29, 1.82) is 0 Å². The number of hydrogen-bond donors (Lipinski definition) is 1. The molecule has 112 valence electrons. The second-order valence-electron chi connectivity index (χ2n) is 4.70. The van der Waals surface area contributed by atoms with E-state index >= 15 is 0 Å². The molecule has 0 aliphatic heterocycles. The Labute approximate surface area is 124 Å². The Morgan fingerprint density at radius 1 is 0.905 bits per heavy atom. The third-order valence-electron chi connectivity index (χ3n) is 2.93. The van der Waals surface area contributed by atoms with Crippen LogP contribution in [0.1, 0.15) is 12.0 Å². The van der Waals surface area contributed by atoms with Gasteiger partial charge in [-0.25, -0.2) is 4.39 Å². The fourth-order valence-electron chi connectivity index (χ4n) is 1.97. The minimum absolute atomic E-state index is 0.295. The van der Waals surface area contributed by atoms with Crippen molar-refractivity contribution in [3.8, 4) is 11.5 Å². The van der Waals surface area contributed by atoms with Crippen LogP contribution in [0, 0.1) is 5.82 Å². The molecule has 4 heteroatoms. The van der Waals surface area contributed by atoms with Gasteiger partial charge in [0.15, 0.2) is 0 Å². The molecule has 0 radical (unpaired) electrons. The molecule has 0 aliphatic carbocycles. The van der Waals surface area contributed by atoms with Crippen LogP contribution in [0.3, 0.4) is 0 Å². The molecule has 0 heterocycles. The SMILES string of the molecule is NCCc1cc(F)cc(OCCCOc2ccccc2)c1. The Morgan fingerprint density at radius 3 is 2.33 bits per heavy atom. The number of para-hydroxylation sites is 1. The van der Waals surface area contributed by atoms with Crippen molar-refractivity contribution < 1.29 is 13.9 Å². The van der Waals surface area contributed by atoms with Crippen LogP contribution < -0.4 is 15.2 Å². The number of rotatable bonds is 8. The highest BCUT2D eigenvalue weighted by atomic mass is 19.1. The number of halogens is 1. The van der Waals surface area contributed by atoms with E-state index in [1.807, 2.05) is 36.4 Å². The van der Waals surface area contributed by atoms with Crippen LogP contribution in [0.25, 0.3) is 0 Å². The lowest BCUT2D eigenvalue weighted by atomic mass is 10.1. The maximum atomic E-state index is 13.4. The monoisotopic (exact) mass is 289 g/mol. The smallest absolute Gasteiger partial charge is 0.127 e. The number of hydrogen-bond acceptors (Lipinski definition) is 3. The maximum absolute atomic E-state index is 13.4. The zero-order valence-corrected chi connectivity index (χ0v) is 11.9. The zero-order valence-electron chi connectivity index (χ0n) is 11.9. The molecule has 0 saturated carbocycles. The largest absolute Gasteiger partial charge is 0.493 e. The molecule has 0 atom stereocenters. The first-order valence-corrected chi connectivity index (χ1v) is 7.08. The molecular formula is C17H20FNO2. The summed E-state index contributed by atoms with van der Waals surface area (Å²) in [5, 5.41) is 0. The zero-order chi connectivity index (χ0) is 14.9. The van der Waals surface area contributed by atoms with Crippen LogP contribution >= 0.6 is 0 Å². The normalized spacial score (nSPS) is 10.4. The summed E-state index contributed by atoms with van der Waals surface area (Å²) in [5.74, 6) is 1.09. The lowest BCUT2D eigenvalue weighted by molar-refractivity contribution is 0.247. The first-order valence-electron chi connectivity index (χ1n) is 7.08. The predicted octanol–water partition coefficient (Wildman–Crippen LogP) is 3.17. The molecule has 2 N–H and O–H groups in total. The molecule has 0 aromatic heterocycles. The van der Waals surface area contributed by atoms with Crippen molar-refractivity contribution in [3.05, 3.63) is 59.9 Å².